The van der Waals surface area contributed by atoms with E-state index in [0.29, 0.717) is 0 Å². The van der Waals surface area contributed by atoms with E-state index >= 15 is 0 Å². The van der Waals surface area contributed by atoms with Gasteiger partial charge in [-0.15, -0.1) is 0 Å². The third kappa shape index (κ3) is 2.48. The zero-order chi connectivity index (χ0) is 19.2. The van der Waals surface area contributed by atoms with Crippen molar-refractivity contribution < 1.29 is 4.74 Å². The molecule has 0 saturated carbocycles. The maximum atomic E-state index is 6.57. The highest BCUT2D eigenvalue weighted by Gasteiger charge is 2.40. The van der Waals surface area contributed by atoms with Gasteiger partial charge < -0.3 is 10.1 Å². The summed E-state index contributed by atoms with van der Waals surface area (Å²) in [6.07, 6.45) is 1.37. The maximum Gasteiger partial charge on any atom is 0.226 e. The molecule has 29 heavy (non-hydrogen) atoms. The van der Waals surface area contributed by atoms with Crippen LogP contribution in [0.2, 0.25) is 0 Å². The van der Waals surface area contributed by atoms with Crippen LogP contribution in [0, 0.1) is 0 Å². The largest absolute Gasteiger partial charge is 0.480 e. The minimum Gasteiger partial charge on any atom is -0.480 e. The molecular weight excluding hydrogens is 360 g/mol. The van der Waals surface area contributed by atoms with Gasteiger partial charge in [-0.2, -0.15) is 10.1 Å². The van der Waals surface area contributed by atoms with Crippen LogP contribution in [0.4, 0.5) is 5.95 Å². The van der Waals surface area contributed by atoms with Crippen molar-refractivity contribution in [2.24, 2.45) is 0 Å². The molecule has 140 valence electrons. The lowest BCUT2D eigenvalue weighted by Crippen LogP contribution is -2.32. The van der Waals surface area contributed by atoms with E-state index in [2.05, 4.69) is 57.9 Å². The smallest absolute Gasteiger partial charge is 0.226 e. The number of ether oxygens (including phenoxy) is 1. The van der Waals surface area contributed by atoms with Crippen molar-refractivity contribution in [3.8, 4) is 5.75 Å². The minimum absolute atomic E-state index is 0.108. The van der Waals surface area contributed by atoms with Crippen LogP contribution >= 0.6 is 0 Å². The Kier molecular flexibility index (Phi) is 3.53. The average molecular weight is 378 g/mol. The lowest BCUT2D eigenvalue weighted by atomic mass is 9.85. The number of para-hydroxylation sites is 1. The van der Waals surface area contributed by atoms with Crippen LogP contribution in [0.1, 0.15) is 28.8 Å². The SMILES string of the molecule is c1ccc([C@@H]2Oc3ccccc3C3=C2[C@@H](c2ccccc2)n2ncnc2N3)cc1. The number of aromatic nitrogens is 3. The summed E-state index contributed by atoms with van der Waals surface area (Å²) in [5, 5.41) is 8.07. The van der Waals surface area contributed by atoms with E-state index in [0.717, 1.165) is 39.7 Å². The van der Waals surface area contributed by atoms with E-state index in [1.54, 1.807) is 6.33 Å². The van der Waals surface area contributed by atoms with E-state index in [4.69, 9.17) is 4.74 Å². The van der Waals surface area contributed by atoms with Gasteiger partial charge in [-0.1, -0.05) is 72.8 Å². The van der Waals surface area contributed by atoms with Gasteiger partial charge in [0.2, 0.25) is 5.95 Å². The molecule has 0 radical (unpaired) electrons. The molecule has 0 unspecified atom stereocenters. The number of hydrogen-bond acceptors (Lipinski definition) is 4. The average Bonchev–Trinajstić information content (AvgIpc) is 3.26. The Bertz CT molecular complexity index is 1210. The van der Waals surface area contributed by atoms with Crippen molar-refractivity contribution in [2.45, 2.75) is 12.1 Å². The van der Waals surface area contributed by atoms with E-state index in [9.17, 15) is 0 Å². The van der Waals surface area contributed by atoms with Crippen molar-refractivity contribution in [3.05, 3.63) is 114 Å². The zero-order valence-electron chi connectivity index (χ0n) is 15.6. The highest BCUT2D eigenvalue weighted by Crippen LogP contribution is 2.50. The predicted octanol–water partition coefficient (Wildman–Crippen LogP) is 4.84. The van der Waals surface area contributed by atoms with E-state index < -0.39 is 0 Å². The number of anilines is 1. The standard InChI is InChI=1S/C24H18N4O/c1-3-9-16(10-4-1)22-20-21(27-24-25-15-26-28(22)24)18-13-7-8-14-19(18)29-23(20)17-11-5-2-6-12-17/h1-15,22-23H,(H,25,26,27)/t22-,23+/m1/s1. The van der Waals surface area contributed by atoms with Gasteiger partial charge in [0.05, 0.1) is 5.70 Å². The highest BCUT2D eigenvalue weighted by atomic mass is 16.5. The molecule has 4 aromatic rings. The number of nitrogens with zero attached hydrogens (tertiary/aromatic N) is 3. The molecule has 0 spiro atoms. The van der Waals surface area contributed by atoms with Crippen molar-refractivity contribution in [3.63, 3.8) is 0 Å². The quantitative estimate of drug-likeness (QED) is 0.542. The molecule has 3 aromatic carbocycles. The highest BCUT2D eigenvalue weighted by molar-refractivity contribution is 5.85. The molecule has 1 N–H and O–H groups in total. The molecule has 6 rings (SSSR count). The topological polar surface area (TPSA) is 52.0 Å². The summed E-state index contributed by atoms with van der Waals surface area (Å²) >= 11 is 0. The maximum absolute atomic E-state index is 6.57. The van der Waals surface area contributed by atoms with Crippen LogP contribution in [-0.2, 0) is 0 Å². The van der Waals surface area contributed by atoms with Crippen molar-refractivity contribution in [1.82, 2.24) is 14.8 Å². The minimum atomic E-state index is -0.226. The molecule has 2 atom stereocenters. The van der Waals surface area contributed by atoms with Gasteiger partial charge in [0, 0.05) is 11.1 Å². The van der Waals surface area contributed by atoms with Crippen LogP contribution in [0.3, 0.4) is 0 Å². The molecule has 0 fully saturated rings. The molecule has 1 aromatic heterocycles. The molecule has 0 saturated heterocycles. The first-order chi connectivity index (χ1) is 14.4. The Balaban J connectivity index is 1.65. The second kappa shape index (κ2) is 6.34. The number of fused-ring (bicyclic) bond motifs is 3. The molecule has 5 heteroatoms. The first-order valence-electron chi connectivity index (χ1n) is 9.67. The van der Waals surface area contributed by atoms with Gasteiger partial charge in [0.1, 0.15) is 24.2 Å². The van der Waals surface area contributed by atoms with Crippen molar-refractivity contribution >= 4 is 11.6 Å². The molecule has 3 heterocycles. The first kappa shape index (κ1) is 16.1. The van der Waals surface area contributed by atoms with Gasteiger partial charge >= 0.3 is 0 Å². The van der Waals surface area contributed by atoms with Gasteiger partial charge in [0.15, 0.2) is 0 Å². The third-order valence-corrected chi connectivity index (χ3v) is 5.54. The fraction of sp³-hybridized carbons (Fsp3) is 0.0833. The van der Waals surface area contributed by atoms with Crippen molar-refractivity contribution in [2.75, 3.05) is 5.32 Å². The second-order valence-electron chi connectivity index (χ2n) is 7.20. The molecule has 0 aliphatic carbocycles. The second-order valence-corrected chi connectivity index (χ2v) is 7.20. The predicted molar refractivity (Wildman–Crippen MR) is 111 cm³/mol. The zero-order valence-corrected chi connectivity index (χ0v) is 15.6. The van der Waals surface area contributed by atoms with E-state index in [1.165, 1.54) is 0 Å². The van der Waals surface area contributed by atoms with Crippen LogP contribution in [0.25, 0.3) is 5.70 Å². The number of hydrogen-bond donors (Lipinski definition) is 1. The third-order valence-electron chi connectivity index (χ3n) is 5.54. The van der Waals surface area contributed by atoms with Gasteiger partial charge in [-0.05, 0) is 23.3 Å². The van der Waals surface area contributed by atoms with Crippen molar-refractivity contribution in [1.29, 1.82) is 0 Å². The molecule has 2 aliphatic rings. The summed E-state index contributed by atoms with van der Waals surface area (Å²) < 4.78 is 8.52. The first-order valence-corrected chi connectivity index (χ1v) is 9.67. The van der Waals surface area contributed by atoms with Gasteiger partial charge in [-0.25, -0.2) is 4.68 Å². The number of rotatable bonds is 2. The Morgan fingerprint density at radius 1 is 0.793 bits per heavy atom. The summed E-state index contributed by atoms with van der Waals surface area (Å²) in [5.41, 5.74) is 5.50. The summed E-state index contributed by atoms with van der Waals surface area (Å²) in [6, 6.07) is 28.8. The summed E-state index contributed by atoms with van der Waals surface area (Å²) in [5.74, 6) is 1.61. The molecular formula is C24H18N4O. The van der Waals surface area contributed by atoms with Gasteiger partial charge in [0.25, 0.3) is 0 Å². The van der Waals surface area contributed by atoms with Crippen LogP contribution in [-0.4, -0.2) is 14.8 Å². The molecule has 0 amide bonds. The van der Waals surface area contributed by atoms with Crippen LogP contribution in [0.15, 0.2) is 96.8 Å². The summed E-state index contributed by atoms with van der Waals surface area (Å²) in [4.78, 5) is 4.46. The van der Waals surface area contributed by atoms with E-state index in [-0.39, 0.29) is 12.1 Å². The van der Waals surface area contributed by atoms with E-state index in [1.807, 2.05) is 47.1 Å². The number of benzene rings is 3. The lowest BCUT2D eigenvalue weighted by Gasteiger charge is -2.38. The fourth-order valence-corrected chi connectivity index (χ4v) is 4.28. The lowest BCUT2D eigenvalue weighted by molar-refractivity contribution is 0.223. The fourth-order valence-electron chi connectivity index (χ4n) is 4.28. The monoisotopic (exact) mass is 378 g/mol. The summed E-state index contributed by atoms with van der Waals surface area (Å²) in [7, 11) is 0. The Morgan fingerprint density at radius 2 is 1.48 bits per heavy atom. The number of nitrogens with one attached hydrogen (secondary N) is 1. The Morgan fingerprint density at radius 3 is 2.28 bits per heavy atom. The van der Waals surface area contributed by atoms with Crippen LogP contribution < -0.4 is 10.1 Å². The Labute approximate surface area is 168 Å². The normalized spacial score (nSPS) is 19.4. The van der Waals surface area contributed by atoms with Crippen LogP contribution in [0.5, 0.6) is 5.75 Å². The molecule has 2 aliphatic heterocycles. The summed E-state index contributed by atoms with van der Waals surface area (Å²) in [6.45, 7) is 0. The van der Waals surface area contributed by atoms with Gasteiger partial charge in [-0.3, -0.25) is 0 Å². The molecule has 5 nitrogen and oxygen atoms in total. The molecule has 0 bridgehead atoms. The Hall–Kier alpha value is -3.86.